The highest BCUT2D eigenvalue weighted by Crippen LogP contribution is 2.28. The molecule has 0 heterocycles. The lowest BCUT2D eigenvalue weighted by atomic mass is 9.95. The summed E-state index contributed by atoms with van der Waals surface area (Å²) >= 11 is 0. The highest BCUT2D eigenvalue weighted by Gasteiger charge is 2.18. The molecule has 0 radical (unpaired) electrons. The second-order valence-corrected chi connectivity index (χ2v) is 5.65. The fraction of sp³-hybridized carbons (Fsp3) is 0.286. The third kappa shape index (κ3) is 4.88. The van der Waals surface area contributed by atoms with Crippen LogP contribution in [0.2, 0.25) is 0 Å². The van der Waals surface area contributed by atoms with Crippen LogP contribution < -0.4 is 0 Å². The van der Waals surface area contributed by atoms with Crippen molar-refractivity contribution in [1.82, 2.24) is 0 Å². The van der Waals surface area contributed by atoms with Gasteiger partial charge in [0.1, 0.15) is 0 Å². The van der Waals surface area contributed by atoms with Gasteiger partial charge in [0, 0.05) is 12.0 Å². The predicted molar refractivity (Wildman–Crippen MR) is 93.8 cm³/mol. The number of ketones is 1. The van der Waals surface area contributed by atoms with Crippen LogP contribution in [0.4, 0.5) is 4.39 Å². The molecule has 0 aliphatic heterocycles. The Morgan fingerprint density at radius 1 is 0.826 bits per heavy atom. The van der Waals surface area contributed by atoms with E-state index in [0.29, 0.717) is 5.57 Å². The molecule has 0 saturated carbocycles. The van der Waals surface area contributed by atoms with Crippen molar-refractivity contribution >= 4 is 11.4 Å². The number of carbonyl (C=O) groups is 1. The molecular formula is C21H23FO. The van der Waals surface area contributed by atoms with Gasteiger partial charge in [-0.3, -0.25) is 4.79 Å². The molecule has 2 rings (SSSR count). The van der Waals surface area contributed by atoms with Crippen LogP contribution in [0.25, 0.3) is 5.57 Å². The standard InChI is InChI=1S/C21H23FO/c1-2-3-4-11-16-19(23)21(22)20(17-12-7-5-8-13-17)18-14-9-6-10-15-18/h5-10,12-15H,2-4,11,16H2,1H3. The largest absolute Gasteiger partial charge is 0.292 e. The van der Waals surface area contributed by atoms with Crippen molar-refractivity contribution in [3.63, 3.8) is 0 Å². The highest BCUT2D eigenvalue weighted by molar-refractivity contribution is 6.03. The molecule has 2 aromatic carbocycles. The Balaban J connectivity index is 2.30. The Kier molecular flexibility index (Phi) is 6.74. The van der Waals surface area contributed by atoms with Crippen molar-refractivity contribution in [2.24, 2.45) is 0 Å². The zero-order chi connectivity index (χ0) is 16.5. The minimum atomic E-state index is -0.626. The molecule has 0 aliphatic carbocycles. The monoisotopic (exact) mass is 310 g/mol. The Hall–Kier alpha value is -2.22. The number of halogens is 1. The van der Waals surface area contributed by atoms with Gasteiger partial charge >= 0.3 is 0 Å². The van der Waals surface area contributed by atoms with Gasteiger partial charge in [0.25, 0.3) is 0 Å². The quantitative estimate of drug-likeness (QED) is 0.434. The van der Waals surface area contributed by atoms with Crippen molar-refractivity contribution in [2.45, 2.75) is 39.0 Å². The minimum Gasteiger partial charge on any atom is -0.292 e. The molecule has 120 valence electrons. The predicted octanol–water partition coefficient (Wildman–Crippen LogP) is 5.96. The topological polar surface area (TPSA) is 17.1 Å². The maximum atomic E-state index is 14.9. The van der Waals surface area contributed by atoms with E-state index in [0.717, 1.165) is 36.8 Å². The van der Waals surface area contributed by atoms with E-state index in [1.54, 1.807) is 0 Å². The fourth-order valence-electron chi connectivity index (χ4n) is 2.59. The van der Waals surface area contributed by atoms with E-state index in [1.165, 1.54) is 0 Å². The van der Waals surface area contributed by atoms with Crippen LogP contribution in [0.5, 0.6) is 0 Å². The maximum Gasteiger partial charge on any atom is 0.191 e. The smallest absolute Gasteiger partial charge is 0.191 e. The third-order valence-electron chi connectivity index (χ3n) is 3.85. The molecule has 0 spiro atoms. The van der Waals surface area contributed by atoms with Crippen molar-refractivity contribution < 1.29 is 9.18 Å². The minimum absolute atomic E-state index is 0.273. The van der Waals surface area contributed by atoms with Crippen LogP contribution in [0.1, 0.15) is 50.2 Å². The SMILES string of the molecule is CCCCCCC(=O)C(F)=C(c1ccccc1)c1ccccc1. The Bertz CT molecular complexity index is 603. The summed E-state index contributed by atoms with van der Waals surface area (Å²) < 4.78 is 14.9. The Morgan fingerprint density at radius 3 is 1.83 bits per heavy atom. The lowest BCUT2D eigenvalue weighted by Gasteiger charge is -2.10. The number of benzene rings is 2. The van der Waals surface area contributed by atoms with Crippen LogP contribution in [-0.4, -0.2) is 5.78 Å². The van der Waals surface area contributed by atoms with Crippen molar-refractivity contribution in [3.8, 4) is 0 Å². The van der Waals surface area contributed by atoms with Crippen molar-refractivity contribution in [3.05, 3.63) is 77.6 Å². The third-order valence-corrected chi connectivity index (χ3v) is 3.85. The summed E-state index contributed by atoms with van der Waals surface area (Å²) in [6, 6.07) is 18.6. The van der Waals surface area contributed by atoms with Gasteiger partial charge in [0.15, 0.2) is 11.6 Å². The first-order valence-electron chi connectivity index (χ1n) is 8.28. The number of hydrogen-bond donors (Lipinski definition) is 0. The van der Waals surface area contributed by atoms with E-state index in [1.807, 2.05) is 60.7 Å². The fourth-order valence-corrected chi connectivity index (χ4v) is 2.59. The van der Waals surface area contributed by atoms with E-state index in [4.69, 9.17) is 0 Å². The van der Waals surface area contributed by atoms with Gasteiger partial charge in [-0.2, -0.15) is 0 Å². The van der Waals surface area contributed by atoms with Crippen LogP contribution in [-0.2, 0) is 4.79 Å². The van der Waals surface area contributed by atoms with Crippen LogP contribution >= 0.6 is 0 Å². The molecule has 0 atom stereocenters. The lowest BCUT2D eigenvalue weighted by molar-refractivity contribution is -0.117. The summed E-state index contributed by atoms with van der Waals surface area (Å²) in [5, 5.41) is 0. The Labute approximate surface area is 137 Å². The van der Waals surface area contributed by atoms with Gasteiger partial charge in [-0.25, -0.2) is 4.39 Å². The number of allylic oxidation sites excluding steroid dienone is 1. The zero-order valence-corrected chi connectivity index (χ0v) is 13.6. The first-order valence-corrected chi connectivity index (χ1v) is 8.28. The number of Topliss-reactive ketones (excluding diaryl/α,β-unsaturated/α-hetero) is 1. The summed E-state index contributed by atoms with van der Waals surface area (Å²) in [5.41, 5.74) is 1.86. The van der Waals surface area contributed by atoms with Crippen LogP contribution in [0.3, 0.4) is 0 Å². The molecule has 0 N–H and O–H groups in total. The van der Waals surface area contributed by atoms with Crippen LogP contribution in [0, 0.1) is 0 Å². The molecule has 0 amide bonds. The summed E-state index contributed by atoms with van der Waals surface area (Å²) in [6.45, 7) is 2.12. The second-order valence-electron chi connectivity index (χ2n) is 5.65. The first-order chi connectivity index (χ1) is 11.2. The average Bonchev–Trinajstić information content (AvgIpc) is 2.60. The van der Waals surface area contributed by atoms with Gasteiger partial charge in [0.2, 0.25) is 0 Å². The lowest BCUT2D eigenvalue weighted by Crippen LogP contribution is -2.03. The van der Waals surface area contributed by atoms with Crippen molar-refractivity contribution in [2.75, 3.05) is 0 Å². The summed E-state index contributed by atoms with van der Waals surface area (Å²) in [7, 11) is 0. The van der Waals surface area contributed by atoms with E-state index in [-0.39, 0.29) is 6.42 Å². The molecule has 0 aliphatic rings. The molecule has 0 bridgehead atoms. The van der Waals surface area contributed by atoms with Crippen LogP contribution in [0.15, 0.2) is 66.5 Å². The van der Waals surface area contributed by atoms with E-state index >= 15 is 0 Å². The molecule has 2 aromatic rings. The number of unbranched alkanes of at least 4 members (excludes halogenated alkanes) is 3. The molecule has 0 unspecified atom stereocenters. The molecule has 2 heteroatoms. The zero-order valence-electron chi connectivity index (χ0n) is 13.6. The molecule has 1 nitrogen and oxygen atoms in total. The number of carbonyl (C=O) groups excluding carboxylic acids is 1. The Morgan fingerprint density at radius 2 is 1.35 bits per heavy atom. The summed E-state index contributed by atoms with van der Waals surface area (Å²) in [6.07, 6.45) is 4.18. The molecule has 0 fully saturated rings. The second kappa shape index (κ2) is 9.04. The summed E-state index contributed by atoms with van der Waals surface area (Å²) in [4.78, 5) is 12.3. The number of hydrogen-bond acceptors (Lipinski definition) is 1. The molecule has 23 heavy (non-hydrogen) atoms. The van der Waals surface area contributed by atoms with Gasteiger partial charge in [-0.1, -0.05) is 86.8 Å². The van der Waals surface area contributed by atoms with Gasteiger partial charge < -0.3 is 0 Å². The van der Waals surface area contributed by atoms with E-state index < -0.39 is 11.6 Å². The molecular weight excluding hydrogens is 287 g/mol. The summed E-state index contributed by atoms with van der Waals surface area (Å²) in [5.74, 6) is -1.03. The van der Waals surface area contributed by atoms with E-state index in [9.17, 15) is 9.18 Å². The molecule has 0 saturated heterocycles. The molecule has 0 aromatic heterocycles. The van der Waals surface area contributed by atoms with Gasteiger partial charge in [-0.05, 0) is 17.5 Å². The maximum absolute atomic E-state index is 14.9. The highest BCUT2D eigenvalue weighted by atomic mass is 19.1. The van der Waals surface area contributed by atoms with Crippen molar-refractivity contribution in [1.29, 1.82) is 0 Å². The normalized spacial score (nSPS) is 10.3. The van der Waals surface area contributed by atoms with Gasteiger partial charge in [-0.15, -0.1) is 0 Å². The van der Waals surface area contributed by atoms with E-state index in [2.05, 4.69) is 6.92 Å². The average molecular weight is 310 g/mol. The number of rotatable bonds is 8. The first kappa shape index (κ1) is 17.1. The van der Waals surface area contributed by atoms with Gasteiger partial charge in [0.05, 0.1) is 0 Å².